The second-order valence-electron chi connectivity index (χ2n) is 7.02. The van der Waals surface area contributed by atoms with Crippen molar-refractivity contribution in [2.45, 2.75) is 43.4 Å². The summed E-state index contributed by atoms with van der Waals surface area (Å²) in [7, 11) is 0. The molecule has 3 atom stereocenters. The molecule has 2 fully saturated rings. The first-order chi connectivity index (χ1) is 12.0. The maximum Gasteiger partial charge on any atom is 0.254 e. The van der Waals surface area contributed by atoms with E-state index in [0.717, 1.165) is 12.8 Å². The highest BCUT2D eigenvalue weighted by molar-refractivity contribution is 5.95. The van der Waals surface area contributed by atoms with Crippen LogP contribution in [0.4, 0.5) is 8.78 Å². The lowest BCUT2D eigenvalue weighted by Crippen LogP contribution is -2.52. The number of carbonyl (C=O) groups is 1. The first-order valence-electron chi connectivity index (χ1n) is 8.53. The van der Waals surface area contributed by atoms with Gasteiger partial charge in [-0.05, 0) is 43.2 Å². The number of rotatable bonds is 2. The fraction of sp³-hybridized carbons (Fsp3) is 0.350. The van der Waals surface area contributed by atoms with Gasteiger partial charge in [-0.15, -0.1) is 0 Å². The fourth-order valence-corrected chi connectivity index (χ4v) is 4.36. The van der Waals surface area contributed by atoms with E-state index in [9.17, 15) is 18.7 Å². The van der Waals surface area contributed by atoms with Gasteiger partial charge in [0.05, 0.1) is 5.60 Å². The first kappa shape index (κ1) is 16.2. The number of fused-ring (bicyclic) bond motifs is 2. The Balaban J connectivity index is 1.61. The van der Waals surface area contributed by atoms with E-state index in [0.29, 0.717) is 24.0 Å². The van der Waals surface area contributed by atoms with E-state index in [4.69, 9.17) is 0 Å². The van der Waals surface area contributed by atoms with Crippen molar-refractivity contribution in [1.82, 2.24) is 4.90 Å². The van der Waals surface area contributed by atoms with Gasteiger partial charge in [0.15, 0.2) is 0 Å². The average Bonchev–Trinajstić information content (AvgIpc) is 2.87. The van der Waals surface area contributed by atoms with Gasteiger partial charge >= 0.3 is 0 Å². The molecule has 2 heterocycles. The molecule has 0 saturated carbocycles. The molecule has 0 spiro atoms. The number of benzene rings is 2. The number of amides is 1. The highest BCUT2D eigenvalue weighted by atomic mass is 19.1. The van der Waals surface area contributed by atoms with E-state index < -0.39 is 11.4 Å². The zero-order chi connectivity index (χ0) is 17.6. The molecule has 2 saturated heterocycles. The minimum Gasteiger partial charge on any atom is -0.385 e. The predicted octanol–water partition coefficient (Wildman–Crippen LogP) is 3.62. The van der Waals surface area contributed by atoms with Gasteiger partial charge in [-0.2, -0.15) is 0 Å². The minimum atomic E-state index is -1.25. The summed E-state index contributed by atoms with van der Waals surface area (Å²) in [5, 5.41) is 11.1. The van der Waals surface area contributed by atoms with Gasteiger partial charge in [-0.3, -0.25) is 4.79 Å². The zero-order valence-electron chi connectivity index (χ0n) is 13.7. The molecule has 2 aliphatic rings. The topological polar surface area (TPSA) is 40.5 Å². The molecule has 0 aliphatic carbocycles. The average molecular weight is 343 g/mol. The Morgan fingerprint density at radius 3 is 2.20 bits per heavy atom. The van der Waals surface area contributed by atoms with Gasteiger partial charge in [-0.1, -0.05) is 18.2 Å². The number of carbonyl (C=O) groups excluding carboxylic acids is 1. The molecule has 130 valence electrons. The van der Waals surface area contributed by atoms with Gasteiger partial charge in [0, 0.05) is 36.1 Å². The Kier molecular flexibility index (Phi) is 3.84. The van der Waals surface area contributed by atoms with E-state index >= 15 is 0 Å². The third kappa shape index (κ3) is 2.72. The molecular weight excluding hydrogens is 324 g/mol. The zero-order valence-corrected chi connectivity index (χ0v) is 13.7. The number of aliphatic hydroxyl groups is 1. The number of hydrogen-bond acceptors (Lipinski definition) is 2. The van der Waals surface area contributed by atoms with Crippen molar-refractivity contribution in [2.24, 2.45) is 0 Å². The van der Waals surface area contributed by atoms with Crippen LogP contribution in [0.5, 0.6) is 0 Å². The minimum absolute atomic E-state index is 0.138. The fourth-order valence-electron chi connectivity index (χ4n) is 4.36. The van der Waals surface area contributed by atoms with Crippen LogP contribution in [0.25, 0.3) is 0 Å². The molecule has 2 aliphatic heterocycles. The molecule has 3 nitrogen and oxygen atoms in total. The van der Waals surface area contributed by atoms with Gasteiger partial charge in [-0.25, -0.2) is 8.78 Å². The molecule has 2 bridgehead atoms. The molecule has 0 aromatic heterocycles. The van der Waals surface area contributed by atoms with E-state index in [-0.39, 0.29) is 23.8 Å². The number of halogens is 2. The molecule has 1 unspecified atom stereocenters. The highest BCUT2D eigenvalue weighted by Crippen LogP contribution is 2.46. The normalized spacial score (nSPS) is 28.2. The Morgan fingerprint density at radius 1 is 1.00 bits per heavy atom. The smallest absolute Gasteiger partial charge is 0.254 e. The third-order valence-electron chi connectivity index (χ3n) is 5.47. The van der Waals surface area contributed by atoms with Crippen LogP contribution in [0.15, 0.2) is 48.5 Å². The van der Waals surface area contributed by atoms with Crippen LogP contribution in [0.1, 0.15) is 41.6 Å². The summed E-state index contributed by atoms with van der Waals surface area (Å²) < 4.78 is 27.3. The molecular formula is C20H19F2NO2. The van der Waals surface area contributed by atoms with Gasteiger partial charge < -0.3 is 10.0 Å². The van der Waals surface area contributed by atoms with Crippen molar-refractivity contribution in [3.8, 4) is 0 Å². The van der Waals surface area contributed by atoms with Crippen LogP contribution in [0, 0.1) is 11.6 Å². The SMILES string of the molecule is O=C(c1ccc(F)cc1)N1[C@@H]2CC[C@H]1CC(O)(c1ccccc1F)C2. The molecule has 1 N–H and O–H groups in total. The third-order valence-corrected chi connectivity index (χ3v) is 5.47. The van der Waals surface area contributed by atoms with Crippen molar-refractivity contribution in [3.63, 3.8) is 0 Å². The van der Waals surface area contributed by atoms with E-state index in [1.807, 2.05) is 0 Å². The van der Waals surface area contributed by atoms with Crippen LogP contribution in [-0.4, -0.2) is 28.0 Å². The molecule has 2 aromatic carbocycles. The summed E-state index contributed by atoms with van der Waals surface area (Å²) >= 11 is 0. The van der Waals surface area contributed by atoms with Crippen molar-refractivity contribution in [2.75, 3.05) is 0 Å². The predicted molar refractivity (Wildman–Crippen MR) is 88.9 cm³/mol. The molecule has 25 heavy (non-hydrogen) atoms. The molecule has 1 amide bonds. The van der Waals surface area contributed by atoms with E-state index in [1.54, 1.807) is 23.1 Å². The monoisotopic (exact) mass is 343 g/mol. The summed E-state index contributed by atoms with van der Waals surface area (Å²) in [6.07, 6.45) is 2.21. The summed E-state index contributed by atoms with van der Waals surface area (Å²) in [6, 6.07) is 11.5. The number of hydrogen-bond donors (Lipinski definition) is 1. The molecule has 5 heteroatoms. The second-order valence-corrected chi connectivity index (χ2v) is 7.02. The summed E-state index contributed by atoms with van der Waals surface area (Å²) in [5.74, 6) is -0.946. The van der Waals surface area contributed by atoms with Crippen LogP contribution in [-0.2, 0) is 5.60 Å². The van der Waals surface area contributed by atoms with Crippen molar-refractivity contribution in [3.05, 3.63) is 71.3 Å². The molecule has 2 aromatic rings. The van der Waals surface area contributed by atoms with Crippen LogP contribution >= 0.6 is 0 Å². The number of nitrogens with zero attached hydrogens (tertiary/aromatic N) is 1. The Morgan fingerprint density at radius 2 is 1.60 bits per heavy atom. The molecule has 0 radical (unpaired) electrons. The summed E-state index contributed by atoms with van der Waals surface area (Å²) in [5.41, 5.74) is -0.507. The Labute approximate surface area is 144 Å². The van der Waals surface area contributed by atoms with E-state index in [2.05, 4.69) is 0 Å². The van der Waals surface area contributed by atoms with Crippen molar-refractivity contribution < 1.29 is 18.7 Å². The maximum absolute atomic E-state index is 14.2. The molecule has 4 rings (SSSR count). The first-order valence-corrected chi connectivity index (χ1v) is 8.53. The van der Waals surface area contributed by atoms with Gasteiger partial charge in [0.25, 0.3) is 5.91 Å². The van der Waals surface area contributed by atoms with Gasteiger partial charge in [0.2, 0.25) is 0 Å². The van der Waals surface area contributed by atoms with Gasteiger partial charge in [0.1, 0.15) is 11.6 Å². The second kappa shape index (κ2) is 5.92. The largest absolute Gasteiger partial charge is 0.385 e. The van der Waals surface area contributed by atoms with Crippen LogP contribution in [0.2, 0.25) is 0 Å². The highest BCUT2D eigenvalue weighted by Gasteiger charge is 2.50. The van der Waals surface area contributed by atoms with Crippen LogP contribution < -0.4 is 0 Å². The lowest BCUT2D eigenvalue weighted by atomic mass is 9.80. The Bertz CT molecular complexity index is 792. The quantitative estimate of drug-likeness (QED) is 0.905. The maximum atomic E-state index is 14.2. The Hall–Kier alpha value is -2.27. The lowest BCUT2D eigenvalue weighted by Gasteiger charge is -2.44. The number of piperidine rings is 1. The summed E-state index contributed by atoms with van der Waals surface area (Å²) in [6.45, 7) is 0. The van der Waals surface area contributed by atoms with Crippen molar-refractivity contribution in [1.29, 1.82) is 0 Å². The summed E-state index contributed by atoms with van der Waals surface area (Å²) in [4.78, 5) is 14.6. The lowest BCUT2D eigenvalue weighted by molar-refractivity contribution is -0.0500. The van der Waals surface area contributed by atoms with E-state index in [1.165, 1.54) is 30.3 Å². The standard InChI is InChI=1S/C20H19F2NO2/c21-14-7-5-13(6-8-14)19(24)23-15-9-10-16(23)12-20(25,11-15)17-3-1-2-4-18(17)22/h1-8,15-16,25H,9-12H2/t15-,16+,20?. The van der Waals surface area contributed by atoms with Crippen LogP contribution in [0.3, 0.4) is 0 Å². The van der Waals surface area contributed by atoms with Crippen molar-refractivity contribution >= 4 is 5.91 Å².